The third kappa shape index (κ3) is 7.30. The van der Waals surface area contributed by atoms with Crippen molar-refractivity contribution in [1.29, 1.82) is 0 Å². The molecular weight excluding hydrogens is 551 g/mol. The van der Waals surface area contributed by atoms with Crippen LogP contribution in [0.4, 0.5) is 24.7 Å². The van der Waals surface area contributed by atoms with E-state index in [0.717, 1.165) is 56.5 Å². The van der Waals surface area contributed by atoms with Crippen LogP contribution in [0, 0.1) is 22.0 Å². The number of hydrogen-bond donors (Lipinski definition) is 2. The fourth-order valence-corrected chi connectivity index (χ4v) is 5.05. The number of amides is 2. The number of likely N-dealkylation sites (tertiary alicyclic amines) is 1. The monoisotopic (exact) mass is 581 g/mol. The molecule has 1 aromatic heterocycles. The van der Waals surface area contributed by atoms with Gasteiger partial charge in [0.1, 0.15) is 5.82 Å². The maximum atomic E-state index is 12.9. The number of aromatic nitrogens is 1. The van der Waals surface area contributed by atoms with Crippen molar-refractivity contribution in [3.8, 4) is 11.1 Å². The predicted molar refractivity (Wildman–Crippen MR) is 149 cm³/mol. The summed E-state index contributed by atoms with van der Waals surface area (Å²) < 4.78 is 38.4. The highest BCUT2D eigenvalue weighted by atomic mass is 19.4. The first-order valence-electron chi connectivity index (χ1n) is 13.8. The average Bonchev–Trinajstić information content (AvgIpc) is 3.82. The van der Waals surface area contributed by atoms with Gasteiger partial charge in [0.2, 0.25) is 5.91 Å². The molecule has 2 N–H and O–H groups in total. The number of rotatable bonds is 9. The Labute approximate surface area is 240 Å². The van der Waals surface area contributed by atoms with E-state index in [1.54, 1.807) is 12.1 Å². The maximum absolute atomic E-state index is 12.9. The minimum Gasteiger partial charge on any atom is -0.352 e. The van der Waals surface area contributed by atoms with Gasteiger partial charge in [0, 0.05) is 36.8 Å². The molecule has 9 nitrogen and oxygen atoms in total. The van der Waals surface area contributed by atoms with Crippen molar-refractivity contribution in [1.82, 2.24) is 15.2 Å². The van der Waals surface area contributed by atoms with Crippen molar-refractivity contribution in [2.45, 2.75) is 38.4 Å². The topological polar surface area (TPSA) is 117 Å². The molecule has 1 saturated heterocycles. The first kappa shape index (κ1) is 29.2. The minimum absolute atomic E-state index is 0.0113. The molecule has 1 aliphatic heterocycles. The molecule has 0 unspecified atom stereocenters. The van der Waals surface area contributed by atoms with Crippen molar-refractivity contribution in [2.24, 2.45) is 11.8 Å². The van der Waals surface area contributed by atoms with E-state index in [4.69, 9.17) is 0 Å². The molecule has 0 radical (unpaired) electrons. The highest BCUT2D eigenvalue weighted by Crippen LogP contribution is 2.34. The van der Waals surface area contributed by atoms with E-state index in [2.05, 4.69) is 20.5 Å². The number of carbonyl (C=O) groups is 2. The second-order valence-electron chi connectivity index (χ2n) is 10.8. The molecule has 0 atom stereocenters. The number of benzene rings is 2. The number of nitro benzene ring substituents is 1. The van der Waals surface area contributed by atoms with Crippen LogP contribution in [0.15, 0.2) is 60.8 Å². The van der Waals surface area contributed by atoms with Gasteiger partial charge in [-0.15, -0.1) is 0 Å². The lowest BCUT2D eigenvalue weighted by molar-refractivity contribution is -0.384. The summed E-state index contributed by atoms with van der Waals surface area (Å²) in [6, 6.07) is 12.7. The highest BCUT2D eigenvalue weighted by Gasteiger charge is 2.31. The molecule has 2 heterocycles. The lowest BCUT2D eigenvalue weighted by atomic mass is 9.96. The van der Waals surface area contributed by atoms with E-state index >= 15 is 0 Å². The average molecular weight is 582 g/mol. The molecule has 2 fully saturated rings. The number of nitrogens with one attached hydrogen (secondary N) is 2. The molecule has 42 heavy (non-hydrogen) atoms. The molecular formula is C30H30F3N5O4. The molecule has 1 aliphatic carbocycles. The van der Waals surface area contributed by atoms with Crippen molar-refractivity contribution in [3.05, 3.63) is 87.6 Å². The largest absolute Gasteiger partial charge is 0.416 e. The van der Waals surface area contributed by atoms with Gasteiger partial charge in [0.25, 0.3) is 11.6 Å². The SMILES string of the molecule is O=C(NCC1CCN(Cc2ccc(C(F)(F)F)cc2)CC1)c1ccc(-c2ccnc(NC(=O)C3CC3)c2)c([N+](=O)[O-])c1. The fourth-order valence-electron chi connectivity index (χ4n) is 5.05. The maximum Gasteiger partial charge on any atom is 0.416 e. The molecule has 2 amide bonds. The van der Waals surface area contributed by atoms with Crippen LogP contribution >= 0.6 is 0 Å². The lowest BCUT2D eigenvalue weighted by Gasteiger charge is -2.32. The number of nitro groups is 1. The first-order valence-corrected chi connectivity index (χ1v) is 13.8. The smallest absolute Gasteiger partial charge is 0.352 e. The Bertz CT molecular complexity index is 1470. The Balaban J connectivity index is 1.15. The van der Waals surface area contributed by atoms with E-state index in [9.17, 15) is 32.9 Å². The van der Waals surface area contributed by atoms with Crippen molar-refractivity contribution >= 4 is 23.3 Å². The van der Waals surface area contributed by atoms with E-state index in [0.29, 0.717) is 30.0 Å². The molecule has 0 bridgehead atoms. The van der Waals surface area contributed by atoms with Crippen LogP contribution in [0.25, 0.3) is 11.1 Å². The molecule has 5 rings (SSSR count). The van der Waals surface area contributed by atoms with Gasteiger partial charge >= 0.3 is 6.18 Å². The minimum atomic E-state index is -4.35. The van der Waals surface area contributed by atoms with Crippen LogP contribution < -0.4 is 10.6 Å². The molecule has 220 valence electrons. The number of pyridine rings is 1. The van der Waals surface area contributed by atoms with Crippen LogP contribution in [-0.2, 0) is 17.5 Å². The van der Waals surface area contributed by atoms with Gasteiger partial charge in [-0.25, -0.2) is 4.98 Å². The number of halogens is 3. The van der Waals surface area contributed by atoms with E-state index in [1.807, 2.05) is 0 Å². The van der Waals surface area contributed by atoms with Crippen LogP contribution in [0.5, 0.6) is 0 Å². The number of carbonyl (C=O) groups excluding carboxylic acids is 2. The zero-order chi connectivity index (χ0) is 29.9. The molecule has 2 aromatic carbocycles. The summed E-state index contributed by atoms with van der Waals surface area (Å²) in [7, 11) is 0. The van der Waals surface area contributed by atoms with Crippen LogP contribution in [0.2, 0.25) is 0 Å². The Morgan fingerprint density at radius 3 is 2.36 bits per heavy atom. The molecule has 3 aromatic rings. The second-order valence-corrected chi connectivity index (χ2v) is 10.8. The molecule has 0 spiro atoms. The summed E-state index contributed by atoms with van der Waals surface area (Å²) in [4.78, 5) is 42.6. The standard InChI is InChI=1S/C30H30F3N5O4/c31-30(32,33)24-6-1-20(2-7-24)18-37-13-10-19(11-14-37)17-35-28(39)23-5-8-25(26(15-23)38(41)42)22-9-12-34-27(16-22)36-29(40)21-3-4-21/h1-2,5-9,12,15-16,19,21H,3-4,10-11,13-14,17-18H2,(H,35,39)(H,34,36,40). The Morgan fingerprint density at radius 1 is 1.00 bits per heavy atom. The van der Waals surface area contributed by atoms with Crippen molar-refractivity contribution in [2.75, 3.05) is 25.0 Å². The lowest BCUT2D eigenvalue weighted by Crippen LogP contribution is -2.38. The van der Waals surface area contributed by atoms with E-state index < -0.39 is 22.6 Å². The zero-order valence-corrected chi connectivity index (χ0v) is 22.7. The third-order valence-electron chi connectivity index (χ3n) is 7.67. The van der Waals surface area contributed by atoms with Gasteiger partial charge in [-0.05, 0) is 92.2 Å². The second kappa shape index (κ2) is 12.3. The van der Waals surface area contributed by atoms with E-state index in [-0.39, 0.29) is 29.0 Å². The number of alkyl halides is 3. The summed E-state index contributed by atoms with van der Waals surface area (Å²) >= 11 is 0. The highest BCUT2D eigenvalue weighted by molar-refractivity contribution is 5.96. The summed E-state index contributed by atoms with van der Waals surface area (Å²) in [6.07, 6.45) is 0.407. The Kier molecular flexibility index (Phi) is 8.53. The van der Waals surface area contributed by atoms with Gasteiger partial charge in [0.15, 0.2) is 0 Å². The Hall–Kier alpha value is -4.32. The number of anilines is 1. The van der Waals surface area contributed by atoms with Crippen molar-refractivity contribution < 1.29 is 27.7 Å². The summed E-state index contributed by atoms with van der Waals surface area (Å²) in [6.45, 7) is 2.46. The van der Waals surface area contributed by atoms with E-state index in [1.165, 1.54) is 36.5 Å². The number of hydrogen-bond acceptors (Lipinski definition) is 6. The molecule has 1 saturated carbocycles. The Morgan fingerprint density at radius 2 is 1.71 bits per heavy atom. The first-order chi connectivity index (χ1) is 20.1. The fraction of sp³-hybridized carbons (Fsp3) is 0.367. The van der Waals surface area contributed by atoms with Gasteiger partial charge in [0.05, 0.1) is 16.1 Å². The zero-order valence-electron chi connectivity index (χ0n) is 22.7. The summed E-state index contributed by atoms with van der Waals surface area (Å²) in [5.74, 6) is -0.0168. The van der Waals surface area contributed by atoms with Gasteiger partial charge in [-0.3, -0.25) is 24.6 Å². The predicted octanol–water partition coefficient (Wildman–Crippen LogP) is 5.67. The van der Waals surface area contributed by atoms with Crippen molar-refractivity contribution in [3.63, 3.8) is 0 Å². The van der Waals surface area contributed by atoms with Crippen LogP contribution in [0.3, 0.4) is 0 Å². The summed E-state index contributed by atoms with van der Waals surface area (Å²) in [5, 5.41) is 17.5. The van der Waals surface area contributed by atoms with Crippen LogP contribution in [0.1, 0.15) is 47.2 Å². The quantitative estimate of drug-likeness (QED) is 0.249. The normalized spacial score (nSPS) is 16.2. The third-order valence-corrected chi connectivity index (χ3v) is 7.67. The van der Waals surface area contributed by atoms with Crippen LogP contribution in [-0.4, -0.2) is 46.3 Å². The summed E-state index contributed by atoms with van der Waals surface area (Å²) in [5.41, 5.74) is 0.887. The number of piperidine rings is 1. The van der Waals surface area contributed by atoms with Gasteiger partial charge < -0.3 is 10.6 Å². The van der Waals surface area contributed by atoms with Gasteiger partial charge in [-0.2, -0.15) is 13.2 Å². The molecule has 2 aliphatic rings. The molecule has 12 heteroatoms. The number of nitrogens with zero attached hydrogens (tertiary/aromatic N) is 3. The van der Waals surface area contributed by atoms with Gasteiger partial charge in [-0.1, -0.05) is 12.1 Å².